The summed E-state index contributed by atoms with van der Waals surface area (Å²) in [5, 5.41) is 12.3. The third-order valence-corrected chi connectivity index (χ3v) is 3.21. The summed E-state index contributed by atoms with van der Waals surface area (Å²) in [6.07, 6.45) is -1.80. The lowest BCUT2D eigenvalue weighted by Crippen LogP contribution is -2.53. The molecule has 2 unspecified atom stereocenters. The summed E-state index contributed by atoms with van der Waals surface area (Å²) >= 11 is 0. The molecular formula is C13H17FN2O2. The van der Waals surface area contributed by atoms with Crippen molar-refractivity contribution in [3.8, 4) is 0 Å². The van der Waals surface area contributed by atoms with Gasteiger partial charge >= 0.3 is 6.09 Å². The summed E-state index contributed by atoms with van der Waals surface area (Å²) in [7, 11) is 0. The van der Waals surface area contributed by atoms with Gasteiger partial charge in [0.25, 0.3) is 0 Å². The molecule has 0 saturated carbocycles. The molecule has 1 aromatic rings. The Balaban J connectivity index is 2.10. The number of carboxylic acid groups (broad SMARTS) is 1. The quantitative estimate of drug-likeness (QED) is 0.863. The normalized spacial score (nSPS) is 23.6. The Bertz CT molecular complexity index is 399. The van der Waals surface area contributed by atoms with E-state index in [1.165, 1.54) is 4.90 Å². The maximum absolute atomic E-state index is 13.8. The first-order valence-corrected chi connectivity index (χ1v) is 6.07. The molecule has 98 valence electrons. The van der Waals surface area contributed by atoms with Gasteiger partial charge in [0.1, 0.15) is 6.17 Å². The van der Waals surface area contributed by atoms with Crippen LogP contribution in [0, 0.1) is 0 Å². The van der Waals surface area contributed by atoms with E-state index in [9.17, 15) is 14.3 Å². The van der Waals surface area contributed by atoms with Gasteiger partial charge in [-0.1, -0.05) is 30.3 Å². The van der Waals surface area contributed by atoms with Crippen LogP contribution >= 0.6 is 0 Å². The van der Waals surface area contributed by atoms with Gasteiger partial charge < -0.3 is 10.4 Å². The first kappa shape index (κ1) is 12.8. The number of nitrogens with one attached hydrogen (secondary N) is 1. The van der Waals surface area contributed by atoms with Gasteiger partial charge in [0.2, 0.25) is 0 Å². The van der Waals surface area contributed by atoms with Crippen molar-refractivity contribution in [3.05, 3.63) is 35.9 Å². The molecule has 1 aromatic carbocycles. The summed E-state index contributed by atoms with van der Waals surface area (Å²) in [4.78, 5) is 12.5. The maximum Gasteiger partial charge on any atom is 0.407 e. The number of piperidine rings is 1. The topological polar surface area (TPSA) is 52.6 Å². The first-order chi connectivity index (χ1) is 8.68. The number of benzene rings is 1. The number of halogens is 1. The van der Waals surface area contributed by atoms with E-state index in [1.807, 2.05) is 30.3 Å². The van der Waals surface area contributed by atoms with Crippen molar-refractivity contribution in [2.24, 2.45) is 0 Å². The second-order valence-corrected chi connectivity index (χ2v) is 4.47. The summed E-state index contributed by atoms with van der Waals surface area (Å²) in [6.45, 7) is 1.21. The van der Waals surface area contributed by atoms with E-state index >= 15 is 0 Å². The predicted molar refractivity (Wildman–Crippen MR) is 66.2 cm³/mol. The fourth-order valence-electron chi connectivity index (χ4n) is 2.22. The lowest BCUT2D eigenvalue weighted by Gasteiger charge is -2.35. The molecule has 1 amide bonds. The summed E-state index contributed by atoms with van der Waals surface area (Å²) in [5.74, 6) is 0. The molecule has 4 nitrogen and oxygen atoms in total. The highest BCUT2D eigenvalue weighted by atomic mass is 19.1. The Morgan fingerprint density at radius 1 is 1.44 bits per heavy atom. The van der Waals surface area contributed by atoms with Gasteiger partial charge in [0.05, 0.1) is 6.04 Å². The lowest BCUT2D eigenvalue weighted by molar-refractivity contribution is 0.0707. The molecule has 0 aromatic heterocycles. The van der Waals surface area contributed by atoms with Crippen LogP contribution in [0.3, 0.4) is 0 Å². The van der Waals surface area contributed by atoms with Crippen molar-refractivity contribution in [3.63, 3.8) is 0 Å². The number of hydrogen-bond donors (Lipinski definition) is 2. The SMILES string of the molecule is O=C(O)N(Cc1ccccc1)C1CNCCC1F. The van der Waals surface area contributed by atoms with Crippen LogP contribution in [0.5, 0.6) is 0 Å². The van der Waals surface area contributed by atoms with E-state index in [4.69, 9.17) is 0 Å². The van der Waals surface area contributed by atoms with E-state index in [-0.39, 0.29) is 6.54 Å². The molecule has 18 heavy (non-hydrogen) atoms. The second-order valence-electron chi connectivity index (χ2n) is 4.47. The third-order valence-electron chi connectivity index (χ3n) is 3.21. The lowest BCUT2D eigenvalue weighted by atomic mass is 10.0. The molecule has 1 heterocycles. The van der Waals surface area contributed by atoms with Crippen molar-refractivity contribution in [2.75, 3.05) is 13.1 Å². The average Bonchev–Trinajstić information content (AvgIpc) is 2.38. The summed E-state index contributed by atoms with van der Waals surface area (Å²) in [6, 6.07) is 8.66. The molecular weight excluding hydrogens is 235 g/mol. The van der Waals surface area contributed by atoms with Crippen LogP contribution in [0.1, 0.15) is 12.0 Å². The molecule has 0 bridgehead atoms. The largest absolute Gasteiger partial charge is 0.465 e. The monoisotopic (exact) mass is 252 g/mol. The zero-order valence-corrected chi connectivity index (χ0v) is 10.1. The van der Waals surface area contributed by atoms with E-state index in [0.717, 1.165) is 5.56 Å². The highest BCUT2D eigenvalue weighted by Crippen LogP contribution is 2.17. The number of carbonyl (C=O) groups is 1. The van der Waals surface area contributed by atoms with Crippen LogP contribution in [-0.4, -0.2) is 41.4 Å². The number of rotatable bonds is 3. The fourth-order valence-corrected chi connectivity index (χ4v) is 2.22. The molecule has 0 spiro atoms. The standard InChI is InChI=1S/C13H17FN2O2/c14-11-6-7-15-8-12(11)16(13(17)18)9-10-4-2-1-3-5-10/h1-5,11-12,15H,6-9H2,(H,17,18). The van der Waals surface area contributed by atoms with Crippen LogP contribution in [0.2, 0.25) is 0 Å². The molecule has 1 aliphatic heterocycles. The Morgan fingerprint density at radius 3 is 2.78 bits per heavy atom. The zero-order chi connectivity index (χ0) is 13.0. The Morgan fingerprint density at radius 2 is 2.17 bits per heavy atom. The Labute approximate surface area is 105 Å². The van der Waals surface area contributed by atoms with Gasteiger partial charge in [0, 0.05) is 13.1 Å². The Kier molecular flexibility index (Phi) is 4.15. The molecule has 5 heteroatoms. The molecule has 2 N–H and O–H groups in total. The van der Waals surface area contributed by atoms with Gasteiger partial charge in [0.15, 0.2) is 0 Å². The van der Waals surface area contributed by atoms with Gasteiger partial charge in [-0.15, -0.1) is 0 Å². The van der Waals surface area contributed by atoms with Gasteiger partial charge in [-0.2, -0.15) is 0 Å². The van der Waals surface area contributed by atoms with Crippen molar-refractivity contribution in [1.29, 1.82) is 0 Å². The fraction of sp³-hybridized carbons (Fsp3) is 0.462. The van der Waals surface area contributed by atoms with Crippen molar-refractivity contribution < 1.29 is 14.3 Å². The highest BCUT2D eigenvalue weighted by Gasteiger charge is 2.32. The van der Waals surface area contributed by atoms with E-state index < -0.39 is 18.3 Å². The van der Waals surface area contributed by atoms with E-state index in [1.54, 1.807) is 0 Å². The second kappa shape index (κ2) is 5.82. The summed E-state index contributed by atoms with van der Waals surface area (Å²) < 4.78 is 13.8. The van der Waals surface area contributed by atoms with Crippen LogP contribution in [-0.2, 0) is 6.54 Å². The smallest absolute Gasteiger partial charge is 0.407 e. The maximum atomic E-state index is 13.8. The molecule has 1 fully saturated rings. The number of alkyl halides is 1. The average molecular weight is 252 g/mol. The first-order valence-electron chi connectivity index (χ1n) is 6.07. The molecule has 2 rings (SSSR count). The Hall–Kier alpha value is -1.62. The van der Waals surface area contributed by atoms with Gasteiger partial charge in [-0.05, 0) is 18.5 Å². The van der Waals surface area contributed by atoms with Crippen molar-refractivity contribution >= 4 is 6.09 Å². The van der Waals surface area contributed by atoms with Gasteiger partial charge in [-0.25, -0.2) is 9.18 Å². The molecule has 0 radical (unpaired) electrons. The highest BCUT2D eigenvalue weighted by molar-refractivity contribution is 5.65. The molecule has 2 atom stereocenters. The van der Waals surface area contributed by atoms with Gasteiger partial charge in [-0.3, -0.25) is 4.90 Å². The van der Waals surface area contributed by atoms with E-state index in [2.05, 4.69) is 5.32 Å². The van der Waals surface area contributed by atoms with E-state index in [0.29, 0.717) is 19.5 Å². The van der Waals surface area contributed by atoms with Crippen LogP contribution in [0.25, 0.3) is 0 Å². The zero-order valence-electron chi connectivity index (χ0n) is 10.1. The molecule has 1 aliphatic rings. The minimum atomic E-state index is -1.09. The summed E-state index contributed by atoms with van der Waals surface area (Å²) in [5.41, 5.74) is 0.873. The van der Waals surface area contributed by atoms with Crippen molar-refractivity contribution in [2.45, 2.75) is 25.2 Å². The number of amides is 1. The number of nitrogens with zero attached hydrogens (tertiary/aromatic N) is 1. The minimum absolute atomic E-state index is 0.225. The minimum Gasteiger partial charge on any atom is -0.465 e. The van der Waals surface area contributed by atoms with Crippen molar-refractivity contribution in [1.82, 2.24) is 10.2 Å². The molecule has 1 saturated heterocycles. The van der Waals surface area contributed by atoms with Crippen LogP contribution in [0.15, 0.2) is 30.3 Å². The van der Waals surface area contributed by atoms with Crippen LogP contribution in [0.4, 0.5) is 9.18 Å². The predicted octanol–water partition coefficient (Wildman–Crippen LogP) is 1.87. The third kappa shape index (κ3) is 2.98. The number of hydrogen-bond acceptors (Lipinski definition) is 2. The molecule has 0 aliphatic carbocycles. The van der Waals surface area contributed by atoms with Crippen LogP contribution < -0.4 is 5.32 Å².